The number of fused-ring (bicyclic) bond motifs is 4. The van der Waals surface area contributed by atoms with Crippen LogP contribution >= 0.6 is 34.8 Å². The zero-order chi connectivity index (χ0) is 29.6. The number of anilines is 1. The van der Waals surface area contributed by atoms with Crippen molar-refractivity contribution in [2.24, 2.45) is 17.8 Å². The van der Waals surface area contributed by atoms with Gasteiger partial charge < -0.3 is 9.84 Å². The lowest BCUT2D eigenvalue weighted by atomic mass is 9.56. The van der Waals surface area contributed by atoms with Crippen molar-refractivity contribution in [3.63, 3.8) is 0 Å². The molecular formula is C30H27Cl3N2O6. The maximum Gasteiger partial charge on any atom is 0.253 e. The number of alkyl halides is 2. The Balaban J connectivity index is 1.52. The van der Waals surface area contributed by atoms with Crippen LogP contribution in [0.3, 0.4) is 0 Å². The number of ether oxygens (including phenoxy) is 1. The third-order valence-corrected chi connectivity index (χ3v) is 10.9. The summed E-state index contributed by atoms with van der Waals surface area (Å²) in [7, 11) is 1.32. The zero-order valence-electron chi connectivity index (χ0n) is 22.5. The van der Waals surface area contributed by atoms with Gasteiger partial charge in [-0.3, -0.25) is 24.1 Å². The number of allylic oxidation sites excluding steroid dienone is 2. The number of amides is 4. The molecule has 2 heterocycles. The van der Waals surface area contributed by atoms with E-state index in [1.165, 1.54) is 7.05 Å². The van der Waals surface area contributed by atoms with E-state index >= 15 is 0 Å². The molecule has 0 spiro atoms. The second kappa shape index (κ2) is 9.48. The van der Waals surface area contributed by atoms with Crippen LogP contribution in [0.4, 0.5) is 5.69 Å². The number of para-hydroxylation sites is 1. The Kier molecular flexibility index (Phi) is 6.49. The van der Waals surface area contributed by atoms with Gasteiger partial charge in [-0.25, -0.2) is 4.90 Å². The largest absolute Gasteiger partial charge is 0.504 e. The number of benzene rings is 2. The van der Waals surface area contributed by atoms with Gasteiger partial charge in [0.1, 0.15) is 0 Å². The highest BCUT2D eigenvalue weighted by atomic mass is 35.5. The van der Waals surface area contributed by atoms with Crippen LogP contribution in [0.15, 0.2) is 48.0 Å². The second-order valence-corrected chi connectivity index (χ2v) is 12.7. The van der Waals surface area contributed by atoms with Gasteiger partial charge in [-0.1, -0.05) is 41.4 Å². The summed E-state index contributed by atoms with van der Waals surface area (Å²) < 4.78 is 5.60. The lowest BCUT2D eigenvalue weighted by molar-refractivity contribution is -0.138. The highest BCUT2D eigenvalue weighted by Gasteiger charge is 2.76. The predicted molar refractivity (Wildman–Crippen MR) is 153 cm³/mol. The summed E-state index contributed by atoms with van der Waals surface area (Å²) in [6, 6.07) is 9.84. The molecule has 6 atom stereocenters. The summed E-state index contributed by atoms with van der Waals surface area (Å²) in [6.45, 7) is 3.87. The lowest BCUT2D eigenvalue weighted by Crippen LogP contribution is -2.60. The minimum absolute atomic E-state index is 0.135. The fourth-order valence-electron chi connectivity index (χ4n) is 7.11. The number of halogens is 3. The van der Waals surface area contributed by atoms with E-state index in [1.54, 1.807) is 43.3 Å². The average molecular weight is 618 g/mol. The summed E-state index contributed by atoms with van der Waals surface area (Å²) in [4.78, 5) is 53.2. The number of likely N-dealkylation sites (tertiary alicyclic amines) is 1. The molecule has 2 aliphatic carbocycles. The maximum absolute atomic E-state index is 14.1. The van der Waals surface area contributed by atoms with Crippen LogP contribution < -0.4 is 9.64 Å². The normalized spacial score (nSPS) is 32.6. The standard InChI is InChI=1S/C30H27Cl3N2O6/c1-4-41-21-7-5-6-18(24(21)36)23-16-10-11-17-22(19(16)13-29(32)27(39)34(3)28(40)30(23,29)33)26(38)35(25(17)37)15-9-8-14(2)20(31)12-15/h5-10,12,17,19,22-23,36H,4,11,13H2,1-3H3/t17-,19+,22-,23+,29+,30-/m0/s1. The Morgan fingerprint density at radius 3 is 2.46 bits per heavy atom. The molecule has 4 aliphatic rings. The number of phenols is 1. The van der Waals surface area contributed by atoms with Crippen molar-refractivity contribution < 1.29 is 29.0 Å². The molecule has 3 fully saturated rings. The third kappa shape index (κ3) is 3.60. The number of rotatable bonds is 4. The highest BCUT2D eigenvalue weighted by molar-refractivity contribution is 6.53. The number of imide groups is 2. The first-order valence-corrected chi connectivity index (χ1v) is 14.5. The summed E-state index contributed by atoms with van der Waals surface area (Å²) in [5.74, 6) is -5.58. The number of aryl methyl sites for hydroxylation is 1. The molecule has 4 amide bonds. The van der Waals surface area contributed by atoms with Gasteiger partial charge in [0, 0.05) is 23.6 Å². The molecule has 6 rings (SSSR count). The summed E-state index contributed by atoms with van der Waals surface area (Å²) in [5.41, 5.74) is 2.00. The molecular weight excluding hydrogens is 591 g/mol. The molecule has 41 heavy (non-hydrogen) atoms. The SMILES string of the molecule is CCOc1cccc([C@H]2C3=CC[C@@H]4C(=O)N(c5ccc(C)c(Cl)c5)C(=O)[C@@H]4[C@@H]3C[C@@]3(Cl)C(=O)N(C)C(=O)[C@@]23Cl)c1O. The number of aromatic hydroxyl groups is 1. The molecule has 8 nitrogen and oxygen atoms in total. The molecule has 0 unspecified atom stereocenters. The summed E-state index contributed by atoms with van der Waals surface area (Å²) in [6.07, 6.45) is 1.89. The first-order valence-electron chi connectivity index (χ1n) is 13.4. The Hall–Kier alpha value is -3.07. The summed E-state index contributed by atoms with van der Waals surface area (Å²) >= 11 is 20.7. The van der Waals surface area contributed by atoms with Gasteiger partial charge in [0.05, 0.1) is 24.1 Å². The van der Waals surface area contributed by atoms with E-state index in [9.17, 15) is 24.3 Å². The first-order chi connectivity index (χ1) is 19.4. The number of hydrogen-bond donors (Lipinski definition) is 1. The molecule has 11 heteroatoms. The molecule has 0 aromatic heterocycles. The van der Waals surface area contributed by atoms with Crippen molar-refractivity contribution in [2.75, 3.05) is 18.6 Å². The molecule has 2 saturated heterocycles. The van der Waals surface area contributed by atoms with Gasteiger partial charge in [-0.2, -0.15) is 0 Å². The Labute approximate surface area is 251 Å². The lowest BCUT2D eigenvalue weighted by Gasteiger charge is -2.50. The minimum atomic E-state index is -1.99. The Morgan fingerprint density at radius 2 is 1.78 bits per heavy atom. The topological polar surface area (TPSA) is 104 Å². The number of phenolic OH excluding ortho intramolecular Hbond substituents is 1. The van der Waals surface area contributed by atoms with Crippen molar-refractivity contribution >= 4 is 64.1 Å². The quantitative estimate of drug-likeness (QED) is 0.296. The number of nitrogens with zero attached hydrogens (tertiary/aromatic N) is 2. The van der Waals surface area contributed by atoms with Crippen molar-refractivity contribution in [3.05, 3.63) is 64.2 Å². The fourth-order valence-corrected chi connectivity index (χ4v) is 8.30. The van der Waals surface area contributed by atoms with E-state index < -0.39 is 51.1 Å². The number of carbonyl (C=O) groups excluding carboxylic acids is 4. The number of hydrogen-bond acceptors (Lipinski definition) is 6. The van der Waals surface area contributed by atoms with Crippen molar-refractivity contribution in [2.45, 2.75) is 42.4 Å². The van der Waals surface area contributed by atoms with Crippen LogP contribution in [0.25, 0.3) is 0 Å². The maximum atomic E-state index is 14.1. The van der Waals surface area contributed by atoms with E-state index in [2.05, 4.69) is 0 Å². The van der Waals surface area contributed by atoms with Crippen LogP contribution in [0.1, 0.15) is 36.8 Å². The molecule has 0 radical (unpaired) electrons. The number of carbonyl (C=O) groups is 4. The molecule has 1 saturated carbocycles. The van der Waals surface area contributed by atoms with Gasteiger partial charge in [0.2, 0.25) is 11.8 Å². The van der Waals surface area contributed by atoms with Gasteiger partial charge in [-0.05, 0) is 56.4 Å². The Morgan fingerprint density at radius 1 is 1.05 bits per heavy atom. The molecule has 214 valence electrons. The smallest absolute Gasteiger partial charge is 0.253 e. The Bertz CT molecular complexity index is 1580. The van der Waals surface area contributed by atoms with Crippen LogP contribution in [0.2, 0.25) is 5.02 Å². The molecule has 0 bridgehead atoms. The van der Waals surface area contributed by atoms with E-state index in [0.29, 0.717) is 16.3 Å². The van der Waals surface area contributed by atoms with Crippen LogP contribution in [0, 0.1) is 24.7 Å². The highest BCUT2D eigenvalue weighted by Crippen LogP contribution is 2.66. The first kappa shape index (κ1) is 28.1. The molecule has 2 aliphatic heterocycles. The van der Waals surface area contributed by atoms with Gasteiger partial charge in [0.15, 0.2) is 21.2 Å². The minimum Gasteiger partial charge on any atom is -0.504 e. The monoisotopic (exact) mass is 616 g/mol. The molecule has 2 aromatic rings. The van der Waals surface area contributed by atoms with Crippen molar-refractivity contribution in [1.29, 1.82) is 0 Å². The van der Waals surface area contributed by atoms with Crippen LogP contribution in [0.5, 0.6) is 11.5 Å². The van der Waals surface area contributed by atoms with Crippen LogP contribution in [-0.2, 0) is 19.2 Å². The van der Waals surface area contributed by atoms with Crippen LogP contribution in [-0.4, -0.2) is 57.0 Å². The van der Waals surface area contributed by atoms with Gasteiger partial charge in [0.25, 0.3) is 11.8 Å². The van der Waals surface area contributed by atoms with Gasteiger partial charge >= 0.3 is 0 Å². The fraction of sp³-hybridized carbons (Fsp3) is 0.400. The third-order valence-electron chi connectivity index (χ3n) is 9.07. The van der Waals surface area contributed by atoms with E-state index in [0.717, 1.165) is 15.4 Å². The van der Waals surface area contributed by atoms with E-state index in [-0.39, 0.29) is 42.4 Å². The second-order valence-electron chi connectivity index (χ2n) is 11.1. The zero-order valence-corrected chi connectivity index (χ0v) is 24.8. The van der Waals surface area contributed by atoms with Crippen molar-refractivity contribution in [3.8, 4) is 11.5 Å². The molecule has 1 N–H and O–H groups in total. The van der Waals surface area contributed by atoms with E-state index in [1.807, 2.05) is 13.0 Å². The average Bonchev–Trinajstić information content (AvgIpc) is 3.27. The van der Waals surface area contributed by atoms with Gasteiger partial charge in [-0.15, -0.1) is 23.2 Å². The van der Waals surface area contributed by atoms with E-state index in [4.69, 9.17) is 39.5 Å². The molecule has 2 aromatic carbocycles. The summed E-state index contributed by atoms with van der Waals surface area (Å²) in [5, 5.41) is 11.7. The predicted octanol–water partition coefficient (Wildman–Crippen LogP) is 4.95. The van der Waals surface area contributed by atoms with Crippen molar-refractivity contribution in [1.82, 2.24) is 4.90 Å².